The lowest BCUT2D eigenvalue weighted by Gasteiger charge is -1.99. The third-order valence-electron chi connectivity index (χ3n) is 2.03. The van der Waals surface area contributed by atoms with Crippen LogP contribution in [0.25, 0.3) is 0 Å². The zero-order chi connectivity index (χ0) is 13.5. The van der Waals surface area contributed by atoms with Crippen LogP contribution in [0.3, 0.4) is 0 Å². The summed E-state index contributed by atoms with van der Waals surface area (Å²) < 4.78 is 0. The van der Waals surface area contributed by atoms with Crippen molar-refractivity contribution in [3.63, 3.8) is 0 Å². The molecule has 0 fully saturated rings. The molecule has 94 valence electrons. The highest BCUT2D eigenvalue weighted by molar-refractivity contribution is 8.13. The van der Waals surface area contributed by atoms with E-state index < -0.39 is 4.92 Å². The van der Waals surface area contributed by atoms with E-state index in [1.807, 2.05) is 0 Å². The zero-order valence-corrected chi connectivity index (χ0v) is 10.5. The molecule has 0 radical (unpaired) electrons. The van der Waals surface area contributed by atoms with Crippen LogP contribution in [0.2, 0.25) is 0 Å². The van der Waals surface area contributed by atoms with Gasteiger partial charge >= 0.3 is 0 Å². The molecule has 1 aromatic carbocycles. The largest absolute Gasteiger partial charge is 0.391 e. The Morgan fingerprint density at radius 3 is 2.83 bits per heavy atom. The van der Waals surface area contributed by atoms with Gasteiger partial charge in [-0.2, -0.15) is 0 Å². The normalized spacial score (nSPS) is 9.44. The topological polar surface area (TPSA) is 80.4 Å². The standard InChI is InChI=1S/C12H11NO4S/c1-9(15)18-6-2-3-10-4-5-11(8-14)12(7-10)13(16)17/h4-5,7,14H,6,8H2,1H3. The zero-order valence-electron chi connectivity index (χ0n) is 9.67. The SMILES string of the molecule is CC(=O)SCC#Cc1ccc(CO)c([N+](=O)[O-])c1. The van der Waals surface area contributed by atoms with Gasteiger partial charge in [-0.1, -0.05) is 23.6 Å². The van der Waals surface area contributed by atoms with E-state index in [9.17, 15) is 14.9 Å². The maximum Gasteiger partial charge on any atom is 0.276 e. The summed E-state index contributed by atoms with van der Waals surface area (Å²) in [5, 5.41) is 19.7. The van der Waals surface area contributed by atoms with Crippen molar-refractivity contribution in [3.05, 3.63) is 39.4 Å². The molecule has 0 aliphatic heterocycles. The number of hydrogen-bond donors (Lipinski definition) is 1. The molecule has 1 aromatic rings. The predicted octanol–water partition coefficient (Wildman–Crippen LogP) is 1.72. The van der Waals surface area contributed by atoms with Gasteiger partial charge in [-0.05, 0) is 12.1 Å². The highest BCUT2D eigenvalue weighted by atomic mass is 32.2. The van der Waals surface area contributed by atoms with Gasteiger partial charge in [-0.15, -0.1) is 0 Å². The molecule has 0 atom stereocenters. The second-order valence-corrected chi connectivity index (χ2v) is 4.49. The molecule has 0 unspecified atom stereocenters. The van der Waals surface area contributed by atoms with Crippen LogP contribution in [0.5, 0.6) is 0 Å². The van der Waals surface area contributed by atoms with E-state index in [0.29, 0.717) is 11.3 Å². The number of thioether (sulfide) groups is 1. The molecule has 0 amide bonds. The van der Waals surface area contributed by atoms with E-state index in [1.54, 1.807) is 6.07 Å². The van der Waals surface area contributed by atoms with Gasteiger partial charge in [0.2, 0.25) is 0 Å². The molecule has 0 saturated carbocycles. The highest BCUT2D eigenvalue weighted by Crippen LogP contribution is 2.19. The average Bonchev–Trinajstić information content (AvgIpc) is 2.34. The molecule has 0 heterocycles. The third-order valence-corrected chi connectivity index (χ3v) is 2.73. The highest BCUT2D eigenvalue weighted by Gasteiger charge is 2.12. The van der Waals surface area contributed by atoms with E-state index in [1.165, 1.54) is 19.1 Å². The molecule has 18 heavy (non-hydrogen) atoms. The molecule has 0 spiro atoms. The van der Waals surface area contributed by atoms with Gasteiger partial charge < -0.3 is 5.11 Å². The summed E-state index contributed by atoms with van der Waals surface area (Å²) in [4.78, 5) is 20.9. The minimum atomic E-state index is -0.555. The van der Waals surface area contributed by atoms with Crippen molar-refractivity contribution >= 4 is 22.6 Å². The molecule has 1 rings (SSSR count). The lowest BCUT2D eigenvalue weighted by molar-refractivity contribution is -0.385. The fraction of sp³-hybridized carbons (Fsp3) is 0.250. The fourth-order valence-corrected chi connectivity index (χ4v) is 1.57. The first-order valence-corrected chi connectivity index (χ1v) is 6.03. The second kappa shape index (κ2) is 6.79. The molecular weight excluding hydrogens is 254 g/mol. The Hall–Kier alpha value is -1.84. The second-order valence-electron chi connectivity index (χ2n) is 3.34. The van der Waals surface area contributed by atoms with Gasteiger partial charge in [-0.25, -0.2) is 0 Å². The van der Waals surface area contributed by atoms with Crippen LogP contribution >= 0.6 is 11.8 Å². The first-order valence-electron chi connectivity index (χ1n) is 5.05. The molecular formula is C12H11NO4S. The lowest BCUT2D eigenvalue weighted by Crippen LogP contribution is -1.96. The number of nitro groups is 1. The van der Waals surface area contributed by atoms with Crippen LogP contribution in [-0.4, -0.2) is 20.9 Å². The van der Waals surface area contributed by atoms with Gasteiger partial charge in [-0.3, -0.25) is 14.9 Å². The smallest absolute Gasteiger partial charge is 0.276 e. The molecule has 6 heteroatoms. The van der Waals surface area contributed by atoms with Crippen LogP contribution in [-0.2, 0) is 11.4 Å². The number of nitrogens with zero attached hydrogens (tertiary/aromatic N) is 1. The van der Waals surface area contributed by atoms with E-state index in [2.05, 4.69) is 11.8 Å². The van der Waals surface area contributed by atoms with Crippen molar-refractivity contribution in [2.45, 2.75) is 13.5 Å². The minimum absolute atomic E-state index is 0.0223. The van der Waals surface area contributed by atoms with Gasteiger partial charge in [0.05, 0.1) is 22.8 Å². The minimum Gasteiger partial charge on any atom is -0.391 e. The van der Waals surface area contributed by atoms with Crippen molar-refractivity contribution in [1.29, 1.82) is 0 Å². The van der Waals surface area contributed by atoms with Gasteiger partial charge in [0.25, 0.3) is 5.69 Å². The first kappa shape index (κ1) is 14.2. The number of carbonyl (C=O) groups excluding carboxylic acids is 1. The molecule has 0 aromatic heterocycles. The number of carbonyl (C=O) groups is 1. The summed E-state index contributed by atoms with van der Waals surface area (Å²) in [5.74, 6) is 5.83. The quantitative estimate of drug-likeness (QED) is 0.511. The number of aliphatic hydroxyl groups excluding tert-OH is 1. The number of benzene rings is 1. The van der Waals surface area contributed by atoms with Crippen molar-refractivity contribution in [1.82, 2.24) is 0 Å². The van der Waals surface area contributed by atoms with Gasteiger partial charge in [0.15, 0.2) is 5.12 Å². The van der Waals surface area contributed by atoms with E-state index >= 15 is 0 Å². The molecule has 0 bridgehead atoms. The number of aliphatic hydroxyl groups is 1. The summed E-state index contributed by atoms with van der Waals surface area (Å²) in [6.45, 7) is 1.07. The first-order chi connectivity index (χ1) is 8.54. The Kier molecular flexibility index (Phi) is 5.36. The number of nitro benzene ring substituents is 1. The van der Waals surface area contributed by atoms with Crippen LogP contribution in [0.1, 0.15) is 18.1 Å². The summed E-state index contributed by atoms with van der Waals surface area (Å²) in [6, 6.07) is 4.39. The van der Waals surface area contributed by atoms with Crippen molar-refractivity contribution < 1.29 is 14.8 Å². The van der Waals surface area contributed by atoms with E-state index in [4.69, 9.17) is 5.11 Å². The Morgan fingerprint density at radius 1 is 1.56 bits per heavy atom. The fourth-order valence-electron chi connectivity index (χ4n) is 1.22. The maximum absolute atomic E-state index is 10.7. The maximum atomic E-state index is 10.7. The van der Waals surface area contributed by atoms with E-state index in [-0.39, 0.29) is 23.0 Å². The Morgan fingerprint density at radius 2 is 2.28 bits per heavy atom. The monoisotopic (exact) mass is 265 g/mol. The molecule has 0 saturated heterocycles. The van der Waals surface area contributed by atoms with Crippen molar-refractivity contribution in [2.24, 2.45) is 0 Å². The molecule has 1 N–H and O–H groups in total. The van der Waals surface area contributed by atoms with Gasteiger partial charge in [0, 0.05) is 18.6 Å². The van der Waals surface area contributed by atoms with E-state index in [0.717, 1.165) is 11.8 Å². The van der Waals surface area contributed by atoms with Crippen LogP contribution < -0.4 is 0 Å². The lowest BCUT2D eigenvalue weighted by atomic mass is 10.1. The van der Waals surface area contributed by atoms with Crippen molar-refractivity contribution in [3.8, 4) is 11.8 Å². The van der Waals surface area contributed by atoms with Crippen LogP contribution in [0.15, 0.2) is 18.2 Å². The van der Waals surface area contributed by atoms with Crippen LogP contribution in [0.4, 0.5) is 5.69 Å². The van der Waals surface area contributed by atoms with Gasteiger partial charge in [0.1, 0.15) is 0 Å². The summed E-state index contributed by atoms with van der Waals surface area (Å²) in [5.41, 5.74) is 0.593. The number of hydrogen-bond acceptors (Lipinski definition) is 5. The summed E-state index contributed by atoms with van der Waals surface area (Å²) in [6.07, 6.45) is 0. The van der Waals surface area contributed by atoms with Crippen molar-refractivity contribution in [2.75, 3.05) is 5.75 Å². The number of rotatable bonds is 3. The average molecular weight is 265 g/mol. The molecule has 0 aliphatic carbocycles. The Labute approximate surface area is 108 Å². The Balaban J connectivity index is 2.88. The summed E-state index contributed by atoms with van der Waals surface area (Å²) >= 11 is 1.08. The molecule has 0 aliphatic rings. The van der Waals surface area contributed by atoms with Crippen LogP contribution in [0, 0.1) is 22.0 Å². The predicted molar refractivity (Wildman–Crippen MR) is 69.0 cm³/mol. The third kappa shape index (κ3) is 4.20. The molecule has 5 nitrogen and oxygen atoms in total. The summed E-state index contributed by atoms with van der Waals surface area (Å²) in [7, 11) is 0. The Bertz CT molecular complexity index is 531.